The lowest BCUT2D eigenvalue weighted by atomic mass is 9.83. The summed E-state index contributed by atoms with van der Waals surface area (Å²) in [6.45, 7) is 40.5. The summed E-state index contributed by atoms with van der Waals surface area (Å²) in [5.74, 6) is 0.979. The molecule has 716 valence electrons. The zero-order valence-corrected chi connectivity index (χ0v) is 87.6. The molecule has 0 aliphatic rings. The number of imidazole rings is 1. The summed E-state index contributed by atoms with van der Waals surface area (Å²) in [6.07, 6.45) is 1.83. The van der Waals surface area contributed by atoms with Gasteiger partial charge in [0.2, 0.25) is 0 Å². The van der Waals surface area contributed by atoms with Crippen LogP contribution in [0.1, 0.15) is 158 Å². The van der Waals surface area contributed by atoms with Crippen LogP contribution in [0.3, 0.4) is 0 Å². The Kier molecular flexibility index (Phi) is 27.6. The minimum atomic E-state index is 0.0818. The molecule has 0 fully saturated rings. The number of benzene rings is 19. The molecule has 24 aromatic rings. The number of thiazole rings is 1. The van der Waals surface area contributed by atoms with Gasteiger partial charge in [0.15, 0.2) is 0 Å². The van der Waals surface area contributed by atoms with Crippen LogP contribution >= 0.6 is 11.3 Å². The third-order valence-electron chi connectivity index (χ3n) is 27.7. The Hall–Kier alpha value is -15.8. The smallest absolute Gasteiger partial charge is 0.145 e. The van der Waals surface area contributed by atoms with Gasteiger partial charge in [0.25, 0.3) is 0 Å². The standard InChI is InChI=1S/C30H26.C24H22.C23H22N2.C22H20N2.C22H21N.C17H17NS/c1-30(2,3)29-19-27(25-14-12-21-8-4-6-10-23(21)16-25)18-28(20-29)26-15-13-22-9-5-7-11-24(22)17-26;1-24(2,3)23-13-12-21-15-20(10-11-22(21)16-23)19-9-8-17-6-4-5-7-18(17)14-19;1-23(2,3)18-15-13-17(14-16-18)22-24-20-11-7-8-12-21(20)25(22)19-9-5-4-6-10-19;1-22(2,3)18-11-8-15(9-12-18)19-13-10-17-7-6-16-5-4-14-23-20(16)21(17)24-19;1-22(2,3)16-12-14-17(15-13-16)23-20-10-6-4-8-18(20)19-9-5-7-11-21(19)23;1-17(2,3)13-10-8-12(9-11-13)16-18-14-6-4-5-7-15(14)19-16/h4-20H,1-3H3;4-16H,1-3H3;4-16H,1-3H3;4-14H,1-3H3;4-15H,1-3H3;4-11H,1-3H3. The largest absolute Gasteiger partial charge is 0.309 e. The van der Waals surface area contributed by atoms with Gasteiger partial charge in [-0.1, -0.05) is 464 Å². The molecule has 0 amide bonds. The van der Waals surface area contributed by atoms with Gasteiger partial charge in [-0.3, -0.25) is 9.55 Å². The van der Waals surface area contributed by atoms with Crippen LogP contribution < -0.4 is 0 Å². The first-order chi connectivity index (χ1) is 69.6. The van der Waals surface area contributed by atoms with Gasteiger partial charge < -0.3 is 4.57 Å². The van der Waals surface area contributed by atoms with Crippen molar-refractivity contribution in [1.82, 2.24) is 29.1 Å². The number of nitrogens with zero attached hydrogens (tertiary/aromatic N) is 6. The number of para-hydroxylation sites is 6. The molecule has 0 aliphatic carbocycles. The quantitative estimate of drug-likeness (QED) is 0.142. The lowest BCUT2D eigenvalue weighted by Crippen LogP contribution is -2.11. The first-order valence-electron chi connectivity index (χ1n) is 50.8. The summed E-state index contributed by atoms with van der Waals surface area (Å²) >= 11 is 1.75. The third kappa shape index (κ3) is 22.2. The van der Waals surface area contributed by atoms with Crippen molar-refractivity contribution >= 4 is 119 Å². The number of hydrogen-bond acceptors (Lipinski definition) is 5. The van der Waals surface area contributed by atoms with E-state index in [1.165, 1.54) is 148 Å². The van der Waals surface area contributed by atoms with Crippen LogP contribution in [0.25, 0.3) is 186 Å². The second-order valence-corrected chi connectivity index (χ2v) is 45.4. The van der Waals surface area contributed by atoms with E-state index in [0.717, 1.165) is 71.7 Å². The van der Waals surface area contributed by atoms with Crippen molar-refractivity contribution in [3.05, 3.63) is 482 Å². The average molecular weight is 1900 g/mol. The summed E-state index contributed by atoms with van der Waals surface area (Å²) in [6, 6.07) is 159. The molecule has 5 heterocycles. The Bertz CT molecular complexity index is 8570. The molecular formula is C138H128N6S. The highest BCUT2D eigenvalue weighted by Crippen LogP contribution is 2.42. The molecule has 0 aliphatic heterocycles. The van der Waals surface area contributed by atoms with E-state index < -0.39 is 0 Å². The molecule has 145 heavy (non-hydrogen) atoms. The van der Waals surface area contributed by atoms with E-state index in [1.54, 1.807) is 11.3 Å². The van der Waals surface area contributed by atoms with E-state index in [0.29, 0.717) is 0 Å². The maximum atomic E-state index is 4.91. The van der Waals surface area contributed by atoms with Crippen molar-refractivity contribution in [2.24, 2.45) is 0 Å². The Balaban J connectivity index is 0.000000110. The Labute approximate surface area is 859 Å². The number of pyridine rings is 2. The number of aromatic nitrogens is 6. The molecule has 24 rings (SSSR count). The SMILES string of the molecule is CC(C)(C)c1cc(-c2ccc3ccccc3c2)cc(-c2ccc3ccccc3c2)c1.CC(C)(C)c1ccc(-c2ccc3ccc4cccnc4c3n2)cc1.CC(C)(C)c1ccc(-c2nc3ccccc3n2-c2ccccc2)cc1.CC(C)(C)c1ccc(-c2nc3ccccc3s2)cc1.CC(C)(C)c1ccc(-n2c3ccccc3c3ccccc32)cc1.CC(C)(C)c1ccc2cc(-c3ccc4ccccc4c3)ccc2c1. The van der Waals surface area contributed by atoms with Gasteiger partial charge in [-0.15, -0.1) is 11.3 Å². The lowest BCUT2D eigenvalue weighted by Gasteiger charge is -2.22. The summed E-state index contributed by atoms with van der Waals surface area (Å²) in [7, 11) is 0. The first-order valence-corrected chi connectivity index (χ1v) is 51.6. The predicted molar refractivity (Wildman–Crippen MR) is 626 cm³/mol. The topological polar surface area (TPSA) is 61.4 Å². The van der Waals surface area contributed by atoms with Gasteiger partial charge >= 0.3 is 0 Å². The molecule has 0 spiro atoms. The molecule has 6 nitrogen and oxygen atoms in total. The van der Waals surface area contributed by atoms with Crippen LogP contribution in [0.5, 0.6) is 0 Å². The highest BCUT2D eigenvalue weighted by Gasteiger charge is 2.24. The molecule has 0 saturated carbocycles. The fourth-order valence-electron chi connectivity index (χ4n) is 19.0. The van der Waals surface area contributed by atoms with E-state index in [-0.39, 0.29) is 32.5 Å². The Morgan fingerprint density at radius 2 is 0.545 bits per heavy atom. The number of fused-ring (bicyclic) bond motifs is 12. The highest BCUT2D eigenvalue weighted by atomic mass is 32.1. The van der Waals surface area contributed by atoms with Crippen molar-refractivity contribution in [2.75, 3.05) is 0 Å². The number of rotatable bonds is 8. The molecular weight excluding hydrogens is 1770 g/mol. The molecule has 0 unspecified atom stereocenters. The van der Waals surface area contributed by atoms with Crippen LogP contribution in [-0.2, 0) is 32.5 Å². The van der Waals surface area contributed by atoms with Crippen LogP contribution in [0, 0.1) is 0 Å². The third-order valence-corrected chi connectivity index (χ3v) is 28.8. The maximum Gasteiger partial charge on any atom is 0.145 e. The van der Waals surface area contributed by atoms with Crippen molar-refractivity contribution in [1.29, 1.82) is 0 Å². The highest BCUT2D eigenvalue weighted by molar-refractivity contribution is 7.21. The molecule has 5 aromatic heterocycles. The normalized spacial score (nSPS) is 11.9. The van der Waals surface area contributed by atoms with Crippen molar-refractivity contribution in [3.8, 4) is 78.0 Å². The lowest BCUT2D eigenvalue weighted by molar-refractivity contribution is 0.590. The summed E-state index contributed by atoms with van der Waals surface area (Å²) in [4.78, 5) is 19.0. The molecule has 0 bridgehead atoms. The van der Waals surface area contributed by atoms with Crippen LogP contribution in [-0.4, -0.2) is 29.1 Å². The minimum Gasteiger partial charge on any atom is -0.309 e. The fraction of sp³-hybridized carbons (Fsp3) is 0.174. The molecule has 0 atom stereocenters. The van der Waals surface area contributed by atoms with Gasteiger partial charge in [0, 0.05) is 55.8 Å². The molecule has 0 radical (unpaired) electrons. The molecule has 19 aromatic carbocycles. The predicted octanol–water partition coefficient (Wildman–Crippen LogP) is 38.7. The van der Waals surface area contributed by atoms with Crippen molar-refractivity contribution in [2.45, 2.75) is 157 Å². The average Bonchev–Trinajstić information content (AvgIpc) is 1.58. The van der Waals surface area contributed by atoms with Gasteiger partial charge in [-0.2, -0.15) is 0 Å². The van der Waals surface area contributed by atoms with Crippen molar-refractivity contribution < 1.29 is 0 Å². The number of hydrogen-bond donors (Lipinski definition) is 0. The van der Waals surface area contributed by atoms with Crippen LogP contribution in [0.4, 0.5) is 0 Å². The second-order valence-electron chi connectivity index (χ2n) is 44.4. The second kappa shape index (κ2) is 40.9. The maximum absolute atomic E-state index is 4.91. The molecule has 0 saturated heterocycles. The van der Waals surface area contributed by atoms with E-state index in [1.807, 2.05) is 30.5 Å². The van der Waals surface area contributed by atoms with Crippen LogP contribution in [0.2, 0.25) is 0 Å². The van der Waals surface area contributed by atoms with Gasteiger partial charge in [-0.25, -0.2) is 15.0 Å². The van der Waals surface area contributed by atoms with Gasteiger partial charge in [-0.05, 0) is 245 Å². The summed E-state index contributed by atoms with van der Waals surface area (Å²) in [5, 5.41) is 16.3. The molecule has 7 heteroatoms. The minimum absolute atomic E-state index is 0.0818. The fourth-order valence-corrected chi connectivity index (χ4v) is 20.0. The van der Waals surface area contributed by atoms with E-state index >= 15 is 0 Å². The Morgan fingerprint density at radius 1 is 0.200 bits per heavy atom. The Morgan fingerprint density at radius 3 is 1.03 bits per heavy atom. The monoisotopic (exact) mass is 1900 g/mol. The summed E-state index contributed by atoms with van der Waals surface area (Å²) in [5.41, 5.74) is 31.2. The zero-order valence-electron chi connectivity index (χ0n) is 86.8. The zero-order chi connectivity index (χ0) is 101. The van der Waals surface area contributed by atoms with Crippen LogP contribution in [0.15, 0.2) is 449 Å². The summed E-state index contributed by atoms with van der Waals surface area (Å²) < 4.78 is 5.84. The van der Waals surface area contributed by atoms with Crippen molar-refractivity contribution in [3.63, 3.8) is 0 Å². The molecule has 0 N–H and O–H groups in total. The van der Waals surface area contributed by atoms with Gasteiger partial charge in [0.05, 0.1) is 49.0 Å². The first kappa shape index (κ1) is 98.0. The van der Waals surface area contributed by atoms with E-state index in [9.17, 15) is 0 Å². The van der Waals surface area contributed by atoms with Gasteiger partial charge in [0.1, 0.15) is 10.8 Å². The van der Waals surface area contributed by atoms with E-state index in [4.69, 9.17) is 15.0 Å². The van der Waals surface area contributed by atoms with E-state index in [2.05, 4.69) is 557 Å².